The van der Waals surface area contributed by atoms with E-state index in [2.05, 4.69) is 4.98 Å². The summed E-state index contributed by atoms with van der Waals surface area (Å²) in [7, 11) is 0. The number of carbonyl (C=O) groups is 1. The lowest BCUT2D eigenvalue weighted by atomic mass is 10.2. The number of amides is 1. The number of thioether (sulfide) groups is 1. The SMILES string of the molecule is CCCCn1c(N)c(N(CC)C(=O)/C=C/c2ccc(SC(F)(F)F)cc2)c(=O)[nH]c1=O. The van der Waals surface area contributed by atoms with E-state index < -0.39 is 22.7 Å². The second kappa shape index (κ2) is 10.4. The lowest BCUT2D eigenvalue weighted by Crippen LogP contribution is -2.40. The maximum atomic E-state index is 12.7. The van der Waals surface area contributed by atoms with Crippen LogP contribution in [0.25, 0.3) is 6.08 Å². The number of hydrogen-bond acceptors (Lipinski definition) is 5. The number of nitrogens with two attached hydrogens (primary N) is 1. The Morgan fingerprint density at radius 2 is 1.87 bits per heavy atom. The number of nitrogen functional groups attached to an aromatic ring is 1. The predicted octanol–water partition coefficient (Wildman–Crippen LogP) is 3.60. The van der Waals surface area contributed by atoms with Gasteiger partial charge in [-0.25, -0.2) is 4.79 Å². The van der Waals surface area contributed by atoms with Crippen LogP contribution in [0.4, 0.5) is 24.7 Å². The molecule has 0 aliphatic rings. The highest BCUT2D eigenvalue weighted by atomic mass is 32.2. The summed E-state index contributed by atoms with van der Waals surface area (Å²) in [6.07, 6.45) is 4.08. The van der Waals surface area contributed by atoms with Crippen molar-refractivity contribution in [2.24, 2.45) is 0 Å². The number of benzene rings is 1. The molecule has 0 fully saturated rings. The maximum absolute atomic E-state index is 12.7. The average Bonchev–Trinajstić information content (AvgIpc) is 2.69. The number of anilines is 2. The molecule has 0 unspecified atom stereocenters. The van der Waals surface area contributed by atoms with Gasteiger partial charge in [0.2, 0.25) is 0 Å². The number of carbonyl (C=O) groups excluding carboxylic acids is 1. The van der Waals surface area contributed by atoms with Gasteiger partial charge in [0.1, 0.15) is 5.82 Å². The fourth-order valence-electron chi connectivity index (χ4n) is 2.84. The molecule has 7 nitrogen and oxygen atoms in total. The molecule has 11 heteroatoms. The summed E-state index contributed by atoms with van der Waals surface area (Å²) >= 11 is -0.228. The van der Waals surface area contributed by atoms with Crippen molar-refractivity contribution < 1.29 is 18.0 Å². The van der Waals surface area contributed by atoms with Crippen LogP contribution in [-0.4, -0.2) is 27.5 Å². The molecule has 1 aromatic carbocycles. The molecule has 2 aromatic rings. The fourth-order valence-corrected chi connectivity index (χ4v) is 3.38. The molecule has 3 N–H and O–H groups in total. The number of unbranched alkanes of at least 4 members (excludes halogenated alkanes) is 1. The highest BCUT2D eigenvalue weighted by molar-refractivity contribution is 8.00. The van der Waals surface area contributed by atoms with E-state index in [9.17, 15) is 27.6 Å². The summed E-state index contributed by atoms with van der Waals surface area (Å²) in [5.74, 6) is -0.659. The van der Waals surface area contributed by atoms with Gasteiger partial charge in [0.15, 0.2) is 5.69 Å². The smallest absolute Gasteiger partial charge is 0.383 e. The number of aromatic nitrogens is 2. The Morgan fingerprint density at radius 3 is 2.42 bits per heavy atom. The lowest BCUT2D eigenvalue weighted by Gasteiger charge is -2.21. The minimum absolute atomic E-state index is 0.0276. The number of halogens is 3. The largest absolute Gasteiger partial charge is 0.446 e. The Morgan fingerprint density at radius 1 is 1.23 bits per heavy atom. The zero-order valence-corrected chi connectivity index (χ0v) is 17.8. The van der Waals surface area contributed by atoms with Crippen LogP contribution in [-0.2, 0) is 11.3 Å². The van der Waals surface area contributed by atoms with Crippen LogP contribution >= 0.6 is 11.8 Å². The Balaban J connectivity index is 2.28. The fraction of sp³-hybridized carbons (Fsp3) is 0.350. The highest BCUT2D eigenvalue weighted by Gasteiger charge is 2.29. The molecule has 0 saturated carbocycles. The number of aromatic amines is 1. The first kappa shape index (κ1) is 24.3. The molecule has 0 atom stereocenters. The standard InChI is InChI=1S/C20H23F3N4O3S/c1-3-5-12-27-17(24)16(18(29)25-19(27)30)26(4-2)15(28)11-8-13-6-9-14(10-7-13)31-20(21,22)23/h6-11H,3-5,12,24H2,1-2H3,(H,25,29,30)/b11-8+. The van der Waals surface area contributed by atoms with E-state index >= 15 is 0 Å². The molecule has 0 radical (unpaired) electrons. The monoisotopic (exact) mass is 456 g/mol. The zero-order valence-electron chi connectivity index (χ0n) is 17.0. The molecular weight excluding hydrogens is 433 g/mol. The van der Waals surface area contributed by atoms with Crippen LogP contribution in [0.1, 0.15) is 32.3 Å². The number of hydrogen-bond donors (Lipinski definition) is 2. The summed E-state index contributed by atoms with van der Waals surface area (Å²) in [6, 6.07) is 5.49. The second-order valence-electron chi connectivity index (χ2n) is 6.53. The Kier molecular flexibility index (Phi) is 8.14. The van der Waals surface area contributed by atoms with Gasteiger partial charge in [-0.2, -0.15) is 13.2 Å². The van der Waals surface area contributed by atoms with E-state index in [4.69, 9.17) is 5.73 Å². The average molecular weight is 456 g/mol. The molecule has 2 rings (SSSR count). The van der Waals surface area contributed by atoms with Gasteiger partial charge in [0.05, 0.1) is 0 Å². The number of likely N-dealkylation sites (N-methyl/N-ethyl adjacent to an activating group) is 1. The van der Waals surface area contributed by atoms with Crippen molar-refractivity contribution in [1.29, 1.82) is 0 Å². The van der Waals surface area contributed by atoms with Crippen molar-refractivity contribution in [1.82, 2.24) is 9.55 Å². The van der Waals surface area contributed by atoms with Crippen molar-refractivity contribution >= 4 is 35.3 Å². The predicted molar refractivity (Wildman–Crippen MR) is 116 cm³/mol. The third-order valence-corrected chi connectivity index (χ3v) is 5.07. The quantitative estimate of drug-likeness (QED) is 0.467. The van der Waals surface area contributed by atoms with Gasteiger partial charge < -0.3 is 10.6 Å². The van der Waals surface area contributed by atoms with E-state index in [1.807, 2.05) is 6.92 Å². The summed E-state index contributed by atoms with van der Waals surface area (Å²) in [5.41, 5.74) is 0.637. The van der Waals surface area contributed by atoms with Crippen molar-refractivity contribution in [2.75, 3.05) is 17.2 Å². The van der Waals surface area contributed by atoms with Gasteiger partial charge in [0.25, 0.3) is 11.5 Å². The first-order valence-electron chi connectivity index (χ1n) is 9.55. The molecule has 1 aromatic heterocycles. The van der Waals surface area contributed by atoms with Crippen LogP contribution < -0.4 is 21.9 Å². The Labute approximate surface area is 180 Å². The molecule has 1 heterocycles. The van der Waals surface area contributed by atoms with E-state index in [1.165, 1.54) is 41.0 Å². The molecule has 0 bridgehead atoms. The number of nitrogens with zero attached hydrogens (tertiary/aromatic N) is 2. The van der Waals surface area contributed by atoms with E-state index in [0.717, 1.165) is 11.3 Å². The van der Waals surface area contributed by atoms with Crippen LogP contribution in [0, 0.1) is 0 Å². The van der Waals surface area contributed by atoms with E-state index in [1.54, 1.807) is 6.92 Å². The molecule has 0 aliphatic carbocycles. The summed E-state index contributed by atoms with van der Waals surface area (Å²) < 4.78 is 38.5. The molecule has 0 saturated heterocycles. The zero-order chi connectivity index (χ0) is 23.2. The first-order valence-corrected chi connectivity index (χ1v) is 10.4. The molecule has 0 spiro atoms. The maximum Gasteiger partial charge on any atom is 0.446 e. The summed E-state index contributed by atoms with van der Waals surface area (Å²) in [6.45, 7) is 4.00. The first-order chi connectivity index (χ1) is 14.6. The lowest BCUT2D eigenvalue weighted by molar-refractivity contribution is -0.114. The molecular formula is C20H23F3N4O3S. The third-order valence-electron chi connectivity index (χ3n) is 4.33. The van der Waals surface area contributed by atoms with Crippen molar-refractivity contribution in [2.45, 2.75) is 43.6 Å². The van der Waals surface area contributed by atoms with Crippen LogP contribution in [0.3, 0.4) is 0 Å². The van der Waals surface area contributed by atoms with Gasteiger partial charge in [-0.3, -0.25) is 19.1 Å². The molecule has 1 amide bonds. The second-order valence-corrected chi connectivity index (χ2v) is 7.67. The van der Waals surface area contributed by atoms with Crippen molar-refractivity contribution in [3.05, 3.63) is 56.7 Å². The van der Waals surface area contributed by atoms with Crippen LogP contribution in [0.2, 0.25) is 0 Å². The van der Waals surface area contributed by atoms with Gasteiger partial charge >= 0.3 is 11.2 Å². The summed E-state index contributed by atoms with van der Waals surface area (Å²) in [4.78, 5) is 40.5. The van der Waals surface area contributed by atoms with Crippen molar-refractivity contribution in [3.8, 4) is 0 Å². The molecule has 31 heavy (non-hydrogen) atoms. The molecule has 0 aliphatic heterocycles. The number of alkyl halides is 3. The number of nitrogens with one attached hydrogen (secondary N) is 1. The van der Waals surface area contributed by atoms with E-state index in [-0.39, 0.29) is 34.7 Å². The Bertz CT molecular complexity index is 1060. The molecule has 168 valence electrons. The summed E-state index contributed by atoms with van der Waals surface area (Å²) in [5, 5.41) is 0. The van der Waals surface area contributed by atoms with Crippen molar-refractivity contribution in [3.63, 3.8) is 0 Å². The topological polar surface area (TPSA) is 101 Å². The van der Waals surface area contributed by atoms with Gasteiger partial charge in [-0.05, 0) is 48.9 Å². The van der Waals surface area contributed by atoms with Gasteiger partial charge in [0, 0.05) is 24.1 Å². The van der Waals surface area contributed by atoms with Gasteiger partial charge in [-0.15, -0.1) is 0 Å². The number of H-pyrrole nitrogens is 1. The minimum atomic E-state index is -4.38. The van der Waals surface area contributed by atoms with E-state index in [0.29, 0.717) is 18.5 Å². The van der Waals surface area contributed by atoms with Crippen LogP contribution in [0.15, 0.2) is 44.8 Å². The highest BCUT2D eigenvalue weighted by Crippen LogP contribution is 2.36. The Hall–Kier alpha value is -2.95. The third kappa shape index (κ3) is 6.51. The number of rotatable bonds is 8. The van der Waals surface area contributed by atoms with Gasteiger partial charge in [-0.1, -0.05) is 25.5 Å². The van der Waals surface area contributed by atoms with Crippen LogP contribution in [0.5, 0.6) is 0 Å². The minimum Gasteiger partial charge on any atom is -0.383 e. The normalized spacial score (nSPS) is 11.8.